The molecule has 3 rings (SSSR count). The van der Waals surface area contributed by atoms with Crippen LogP contribution in [0.15, 0.2) is 24.5 Å². The van der Waals surface area contributed by atoms with Gasteiger partial charge < -0.3 is 5.73 Å². The fraction of sp³-hybridized carbons (Fsp3) is 0.154. The van der Waals surface area contributed by atoms with Gasteiger partial charge in [0.25, 0.3) is 0 Å². The number of anilines is 1. The minimum atomic E-state index is -0.0944. The second-order valence-electron chi connectivity index (χ2n) is 4.37. The summed E-state index contributed by atoms with van der Waals surface area (Å²) in [5.41, 5.74) is 8.70. The van der Waals surface area contributed by atoms with E-state index in [1.807, 2.05) is 25.3 Å². The van der Waals surface area contributed by atoms with Gasteiger partial charge in [-0.05, 0) is 31.5 Å². The van der Waals surface area contributed by atoms with Gasteiger partial charge in [-0.1, -0.05) is 11.3 Å². The highest BCUT2D eigenvalue weighted by atomic mass is 32.1. The molecule has 19 heavy (non-hydrogen) atoms. The topological polar surface area (TPSA) is 73.3 Å². The summed E-state index contributed by atoms with van der Waals surface area (Å²) in [5, 5.41) is 0.408. The zero-order valence-electron chi connectivity index (χ0n) is 10.5. The van der Waals surface area contributed by atoms with E-state index in [1.165, 1.54) is 11.3 Å². The highest BCUT2D eigenvalue weighted by Gasteiger charge is 2.19. The third-order valence-electron chi connectivity index (χ3n) is 2.92. The second kappa shape index (κ2) is 4.17. The number of nitrogen functional groups attached to an aromatic ring is 1. The van der Waals surface area contributed by atoms with Crippen molar-refractivity contribution in [1.29, 1.82) is 0 Å². The average Bonchev–Trinajstić information content (AvgIpc) is 2.91. The van der Waals surface area contributed by atoms with E-state index >= 15 is 0 Å². The molecule has 2 N–H and O–H groups in total. The number of aryl methyl sites for hydroxylation is 2. The standard InChI is InChI=1S/C13H12N4OS/c1-7-3-4-17-9(6-15-10(17)5-7)11(18)12-8(2)16-13(14)19-12/h3-6H,1-2H3,(H2,14,16). The number of pyridine rings is 1. The number of carbonyl (C=O) groups excluding carboxylic acids is 1. The van der Waals surface area contributed by atoms with Crippen LogP contribution >= 0.6 is 11.3 Å². The summed E-state index contributed by atoms with van der Waals surface area (Å²) in [4.78, 5) is 21.4. The number of nitrogens with two attached hydrogens (primary N) is 1. The monoisotopic (exact) mass is 272 g/mol. The molecule has 0 fully saturated rings. The first-order valence-electron chi connectivity index (χ1n) is 5.77. The molecule has 0 aliphatic carbocycles. The molecule has 96 valence electrons. The highest BCUT2D eigenvalue weighted by molar-refractivity contribution is 7.17. The molecule has 0 saturated heterocycles. The van der Waals surface area contributed by atoms with Crippen molar-refractivity contribution in [3.8, 4) is 0 Å². The Kier molecular flexibility index (Phi) is 2.60. The minimum absolute atomic E-state index is 0.0944. The molecule has 3 aromatic rings. The van der Waals surface area contributed by atoms with Gasteiger partial charge in [-0.15, -0.1) is 0 Å². The smallest absolute Gasteiger partial charge is 0.223 e. The summed E-state index contributed by atoms with van der Waals surface area (Å²) in [7, 11) is 0. The summed E-state index contributed by atoms with van der Waals surface area (Å²) in [6, 6.07) is 3.88. The zero-order valence-corrected chi connectivity index (χ0v) is 11.4. The molecular formula is C13H12N4OS. The number of hydrogen-bond acceptors (Lipinski definition) is 5. The van der Waals surface area contributed by atoms with Crippen molar-refractivity contribution in [1.82, 2.24) is 14.4 Å². The second-order valence-corrected chi connectivity index (χ2v) is 5.40. The SMILES string of the molecule is Cc1ccn2c(C(=O)c3sc(N)nc3C)cnc2c1. The number of rotatable bonds is 2. The molecule has 5 nitrogen and oxygen atoms in total. The van der Waals surface area contributed by atoms with Gasteiger partial charge in [0.15, 0.2) is 5.13 Å². The van der Waals surface area contributed by atoms with Gasteiger partial charge in [0, 0.05) is 6.20 Å². The van der Waals surface area contributed by atoms with Gasteiger partial charge >= 0.3 is 0 Å². The van der Waals surface area contributed by atoms with Crippen molar-refractivity contribution >= 4 is 27.9 Å². The van der Waals surface area contributed by atoms with Crippen LogP contribution in [0.3, 0.4) is 0 Å². The van der Waals surface area contributed by atoms with Crippen LogP contribution in [-0.4, -0.2) is 20.2 Å². The summed E-state index contributed by atoms with van der Waals surface area (Å²) in [6.45, 7) is 3.78. The summed E-state index contributed by atoms with van der Waals surface area (Å²) < 4.78 is 1.78. The minimum Gasteiger partial charge on any atom is -0.375 e. The molecule has 0 bridgehead atoms. The van der Waals surface area contributed by atoms with Crippen molar-refractivity contribution in [2.24, 2.45) is 0 Å². The Morgan fingerprint density at radius 2 is 2.21 bits per heavy atom. The van der Waals surface area contributed by atoms with Crippen LogP contribution in [0.4, 0.5) is 5.13 Å². The molecule has 0 spiro atoms. The van der Waals surface area contributed by atoms with Crippen molar-refractivity contribution in [3.63, 3.8) is 0 Å². The number of thiazole rings is 1. The number of carbonyl (C=O) groups is 1. The largest absolute Gasteiger partial charge is 0.375 e. The van der Waals surface area contributed by atoms with Crippen molar-refractivity contribution < 1.29 is 4.79 Å². The molecule has 0 aliphatic rings. The molecular weight excluding hydrogens is 260 g/mol. The van der Waals surface area contributed by atoms with Crippen molar-refractivity contribution in [3.05, 3.63) is 46.4 Å². The van der Waals surface area contributed by atoms with Crippen LogP contribution in [0.1, 0.15) is 26.6 Å². The van der Waals surface area contributed by atoms with Crippen LogP contribution < -0.4 is 5.73 Å². The predicted molar refractivity (Wildman–Crippen MR) is 74.6 cm³/mol. The number of nitrogens with zero attached hydrogens (tertiary/aromatic N) is 3. The Morgan fingerprint density at radius 3 is 2.89 bits per heavy atom. The van der Waals surface area contributed by atoms with Gasteiger partial charge in [-0.3, -0.25) is 9.20 Å². The molecule has 6 heteroatoms. The van der Waals surface area contributed by atoms with Crippen LogP contribution in [0.5, 0.6) is 0 Å². The van der Waals surface area contributed by atoms with Gasteiger partial charge in [-0.25, -0.2) is 9.97 Å². The normalized spacial score (nSPS) is 11.1. The van der Waals surface area contributed by atoms with Crippen molar-refractivity contribution in [2.45, 2.75) is 13.8 Å². The van der Waals surface area contributed by atoms with Gasteiger partial charge in [-0.2, -0.15) is 0 Å². The van der Waals surface area contributed by atoms with Gasteiger partial charge in [0.05, 0.1) is 11.9 Å². The van der Waals surface area contributed by atoms with E-state index in [-0.39, 0.29) is 5.78 Å². The number of imidazole rings is 1. The van der Waals surface area contributed by atoms with Crippen LogP contribution in [0.25, 0.3) is 5.65 Å². The van der Waals surface area contributed by atoms with E-state index < -0.39 is 0 Å². The molecule has 3 heterocycles. The summed E-state index contributed by atoms with van der Waals surface area (Å²) in [5.74, 6) is -0.0944. The molecule has 0 saturated carbocycles. The Bertz CT molecular complexity index is 787. The van der Waals surface area contributed by atoms with Gasteiger partial charge in [0.2, 0.25) is 5.78 Å². The summed E-state index contributed by atoms with van der Waals surface area (Å²) >= 11 is 1.21. The lowest BCUT2D eigenvalue weighted by Crippen LogP contribution is -2.04. The van der Waals surface area contributed by atoms with Crippen LogP contribution in [0.2, 0.25) is 0 Å². The van der Waals surface area contributed by atoms with Crippen molar-refractivity contribution in [2.75, 3.05) is 5.73 Å². The highest BCUT2D eigenvalue weighted by Crippen LogP contribution is 2.23. The molecule has 0 amide bonds. The first-order chi connectivity index (χ1) is 9.06. The lowest BCUT2D eigenvalue weighted by molar-refractivity contribution is 0.103. The van der Waals surface area contributed by atoms with E-state index in [0.29, 0.717) is 21.4 Å². The predicted octanol–water partition coefficient (Wildman–Crippen LogP) is 2.22. The number of ketones is 1. The average molecular weight is 272 g/mol. The number of hydrogen-bond donors (Lipinski definition) is 1. The molecule has 0 aliphatic heterocycles. The van der Waals surface area contributed by atoms with E-state index in [0.717, 1.165) is 11.2 Å². The molecule has 0 aromatic carbocycles. The summed E-state index contributed by atoms with van der Waals surface area (Å²) in [6.07, 6.45) is 3.44. The Labute approximate surface area is 113 Å². The lowest BCUT2D eigenvalue weighted by atomic mass is 10.2. The number of fused-ring (bicyclic) bond motifs is 1. The van der Waals surface area contributed by atoms with E-state index in [1.54, 1.807) is 17.5 Å². The first-order valence-corrected chi connectivity index (χ1v) is 6.59. The molecule has 0 radical (unpaired) electrons. The van der Waals surface area contributed by atoms with Crippen LogP contribution in [-0.2, 0) is 0 Å². The maximum atomic E-state index is 12.5. The maximum Gasteiger partial charge on any atom is 0.223 e. The number of aromatic nitrogens is 3. The van der Waals surface area contributed by atoms with E-state index in [4.69, 9.17) is 5.73 Å². The zero-order chi connectivity index (χ0) is 13.6. The lowest BCUT2D eigenvalue weighted by Gasteiger charge is -2.00. The fourth-order valence-electron chi connectivity index (χ4n) is 1.99. The quantitative estimate of drug-likeness (QED) is 0.726. The maximum absolute atomic E-state index is 12.5. The third-order valence-corrected chi connectivity index (χ3v) is 3.91. The molecule has 0 unspecified atom stereocenters. The first kappa shape index (κ1) is 11.9. The Morgan fingerprint density at radius 1 is 1.42 bits per heavy atom. The van der Waals surface area contributed by atoms with E-state index in [2.05, 4.69) is 9.97 Å². The Hall–Kier alpha value is -2.21. The van der Waals surface area contributed by atoms with E-state index in [9.17, 15) is 4.79 Å². The molecule has 3 aromatic heterocycles. The Balaban J connectivity index is 2.14. The van der Waals surface area contributed by atoms with Gasteiger partial charge in [0.1, 0.15) is 16.2 Å². The fourth-order valence-corrected chi connectivity index (χ4v) is 2.78. The third kappa shape index (κ3) is 1.90. The van der Waals surface area contributed by atoms with Crippen LogP contribution in [0, 0.1) is 13.8 Å². The molecule has 0 atom stereocenters.